The van der Waals surface area contributed by atoms with Crippen molar-refractivity contribution in [3.63, 3.8) is 0 Å². The lowest BCUT2D eigenvalue weighted by Gasteiger charge is -2.06. The molecule has 0 aliphatic heterocycles. The lowest BCUT2D eigenvalue weighted by atomic mass is 10.2. The van der Waals surface area contributed by atoms with Crippen LogP contribution in [0.15, 0.2) is 42.5 Å². The smallest absolute Gasteiger partial charge is 0.331 e. The molecular weight excluding hydrogens is 368 g/mol. The van der Waals surface area contributed by atoms with E-state index < -0.39 is 23.4 Å². The molecule has 0 aliphatic rings. The molecule has 28 heavy (non-hydrogen) atoms. The van der Waals surface area contributed by atoms with Crippen LogP contribution >= 0.6 is 0 Å². The van der Waals surface area contributed by atoms with Crippen LogP contribution in [0.5, 0.6) is 11.5 Å². The van der Waals surface area contributed by atoms with Gasteiger partial charge in [-0.05, 0) is 36.8 Å². The molecule has 0 fully saturated rings. The second kappa shape index (κ2) is 9.17. The number of aromatic hydroxyl groups is 1. The van der Waals surface area contributed by atoms with Crippen molar-refractivity contribution >= 4 is 29.3 Å². The highest BCUT2D eigenvalue weighted by atomic mass is 16.6. The number of hydrogen-bond donors (Lipinski definition) is 2. The van der Waals surface area contributed by atoms with E-state index in [9.17, 15) is 24.8 Å². The Kier molecular flexibility index (Phi) is 6.69. The van der Waals surface area contributed by atoms with E-state index in [4.69, 9.17) is 9.47 Å². The van der Waals surface area contributed by atoms with Gasteiger partial charge in [-0.3, -0.25) is 14.9 Å². The van der Waals surface area contributed by atoms with Crippen LogP contribution < -0.4 is 10.1 Å². The number of esters is 1. The molecule has 2 aromatic rings. The van der Waals surface area contributed by atoms with Gasteiger partial charge in [-0.15, -0.1) is 0 Å². The molecule has 0 radical (unpaired) electrons. The zero-order valence-electron chi connectivity index (χ0n) is 15.2. The van der Waals surface area contributed by atoms with Crippen molar-refractivity contribution in [3.8, 4) is 11.5 Å². The standard InChI is InChI=1S/C19H18N2O7/c1-12-3-6-14(10-15(12)21(25)26)20-18(23)11-28-19(24)8-5-13-4-7-16(22)17(9-13)27-2/h3-10,22H,11H2,1-2H3,(H,20,23). The zero-order chi connectivity index (χ0) is 20.7. The van der Waals surface area contributed by atoms with E-state index in [2.05, 4.69) is 5.32 Å². The molecule has 0 spiro atoms. The molecule has 1 amide bonds. The van der Waals surface area contributed by atoms with Gasteiger partial charge in [0.1, 0.15) is 0 Å². The van der Waals surface area contributed by atoms with Crippen molar-refractivity contribution in [1.82, 2.24) is 0 Å². The number of carbonyl (C=O) groups excluding carboxylic acids is 2. The minimum absolute atomic E-state index is 0.0322. The highest BCUT2D eigenvalue weighted by molar-refractivity contribution is 5.94. The first-order chi connectivity index (χ1) is 13.3. The van der Waals surface area contributed by atoms with E-state index in [1.54, 1.807) is 13.0 Å². The molecule has 0 aromatic heterocycles. The molecule has 0 aliphatic carbocycles. The number of aryl methyl sites for hydroxylation is 1. The van der Waals surface area contributed by atoms with E-state index in [1.807, 2.05) is 0 Å². The fraction of sp³-hybridized carbons (Fsp3) is 0.158. The van der Waals surface area contributed by atoms with E-state index in [0.29, 0.717) is 11.1 Å². The van der Waals surface area contributed by atoms with Gasteiger partial charge in [0.2, 0.25) is 0 Å². The summed E-state index contributed by atoms with van der Waals surface area (Å²) < 4.78 is 9.79. The molecule has 2 N–H and O–H groups in total. The monoisotopic (exact) mass is 386 g/mol. The molecule has 0 bridgehead atoms. The highest BCUT2D eigenvalue weighted by Crippen LogP contribution is 2.26. The number of anilines is 1. The summed E-state index contributed by atoms with van der Waals surface area (Å²) in [6, 6.07) is 8.76. The number of phenols is 1. The number of rotatable bonds is 7. The van der Waals surface area contributed by atoms with Gasteiger partial charge in [0, 0.05) is 23.4 Å². The van der Waals surface area contributed by atoms with Crippen molar-refractivity contribution < 1.29 is 29.1 Å². The maximum Gasteiger partial charge on any atom is 0.331 e. The maximum absolute atomic E-state index is 11.9. The Morgan fingerprint density at radius 1 is 1.25 bits per heavy atom. The molecule has 0 unspecified atom stereocenters. The SMILES string of the molecule is COc1cc(C=CC(=O)OCC(=O)Nc2ccc(C)c([N+](=O)[O-])c2)ccc1O. The number of amides is 1. The molecule has 2 rings (SSSR count). The summed E-state index contributed by atoms with van der Waals surface area (Å²) in [5.74, 6) is -1.17. The third kappa shape index (κ3) is 5.56. The van der Waals surface area contributed by atoms with Crippen LogP contribution in [0.25, 0.3) is 6.08 Å². The predicted molar refractivity (Wildman–Crippen MR) is 101 cm³/mol. The second-order valence-corrected chi connectivity index (χ2v) is 5.68. The molecule has 0 saturated heterocycles. The van der Waals surface area contributed by atoms with Crippen molar-refractivity contribution in [2.75, 3.05) is 19.0 Å². The van der Waals surface area contributed by atoms with Crippen molar-refractivity contribution in [1.29, 1.82) is 0 Å². The Morgan fingerprint density at radius 2 is 2.00 bits per heavy atom. The van der Waals surface area contributed by atoms with Gasteiger partial charge in [0.15, 0.2) is 18.1 Å². The average molecular weight is 386 g/mol. The molecule has 0 saturated carbocycles. The lowest BCUT2D eigenvalue weighted by molar-refractivity contribution is -0.385. The second-order valence-electron chi connectivity index (χ2n) is 5.68. The molecular formula is C19H18N2O7. The van der Waals surface area contributed by atoms with Gasteiger partial charge in [-0.25, -0.2) is 4.79 Å². The van der Waals surface area contributed by atoms with Crippen molar-refractivity contribution in [3.05, 3.63) is 63.7 Å². The molecule has 9 nitrogen and oxygen atoms in total. The van der Waals surface area contributed by atoms with Gasteiger partial charge in [-0.2, -0.15) is 0 Å². The molecule has 0 atom stereocenters. The van der Waals surface area contributed by atoms with E-state index >= 15 is 0 Å². The number of carbonyl (C=O) groups is 2. The Hall–Kier alpha value is -3.88. The van der Waals surface area contributed by atoms with Gasteiger partial charge < -0.3 is 19.9 Å². The number of hydrogen-bond acceptors (Lipinski definition) is 7. The van der Waals surface area contributed by atoms with Gasteiger partial charge in [-0.1, -0.05) is 12.1 Å². The normalized spacial score (nSPS) is 10.5. The number of ether oxygens (including phenoxy) is 2. The van der Waals surface area contributed by atoms with E-state index in [0.717, 1.165) is 6.08 Å². The minimum atomic E-state index is -0.753. The third-order valence-corrected chi connectivity index (χ3v) is 3.65. The van der Waals surface area contributed by atoms with Crippen molar-refractivity contribution in [2.24, 2.45) is 0 Å². The number of methoxy groups -OCH3 is 1. The third-order valence-electron chi connectivity index (χ3n) is 3.65. The van der Waals surface area contributed by atoms with E-state index in [1.165, 1.54) is 43.5 Å². The van der Waals surface area contributed by atoms with Crippen LogP contribution in [0.3, 0.4) is 0 Å². The van der Waals surface area contributed by atoms with Crippen LogP contribution in [0, 0.1) is 17.0 Å². The highest BCUT2D eigenvalue weighted by Gasteiger charge is 2.13. The number of benzene rings is 2. The maximum atomic E-state index is 11.9. The number of nitrogens with zero attached hydrogens (tertiary/aromatic N) is 1. The molecule has 0 heterocycles. The first kappa shape index (κ1) is 20.4. The summed E-state index contributed by atoms with van der Waals surface area (Å²) in [6.45, 7) is 1.03. The van der Waals surface area contributed by atoms with Crippen LogP contribution in [-0.2, 0) is 14.3 Å². The van der Waals surface area contributed by atoms with Gasteiger partial charge in [0.25, 0.3) is 11.6 Å². The quantitative estimate of drug-likeness (QED) is 0.324. The number of phenolic OH excluding ortho intramolecular Hbond substituents is 1. The molecule has 146 valence electrons. The number of nitrogens with one attached hydrogen (secondary N) is 1. The first-order valence-electron chi connectivity index (χ1n) is 8.07. The molecule has 9 heteroatoms. The zero-order valence-corrected chi connectivity index (χ0v) is 15.2. The molecule has 2 aromatic carbocycles. The number of nitro benzene ring substituents is 1. The summed E-state index contributed by atoms with van der Waals surface area (Å²) >= 11 is 0. The number of nitro groups is 1. The topological polar surface area (TPSA) is 128 Å². The summed E-state index contributed by atoms with van der Waals surface area (Å²) in [7, 11) is 1.40. The van der Waals surface area contributed by atoms with Gasteiger partial charge in [0.05, 0.1) is 12.0 Å². The fourth-order valence-corrected chi connectivity index (χ4v) is 2.23. The summed E-state index contributed by atoms with van der Waals surface area (Å²) in [6.07, 6.45) is 2.56. The minimum Gasteiger partial charge on any atom is -0.504 e. The van der Waals surface area contributed by atoms with Crippen LogP contribution in [0.2, 0.25) is 0 Å². The summed E-state index contributed by atoms with van der Waals surface area (Å²) in [5.41, 5.74) is 1.15. The Balaban J connectivity index is 1.89. The van der Waals surface area contributed by atoms with Gasteiger partial charge >= 0.3 is 5.97 Å². The lowest BCUT2D eigenvalue weighted by Crippen LogP contribution is -2.20. The van der Waals surface area contributed by atoms with Crippen LogP contribution in [0.1, 0.15) is 11.1 Å². The fourth-order valence-electron chi connectivity index (χ4n) is 2.23. The van der Waals surface area contributed by atoms with Crippen LogP contribution in [-0.4, -0.2) is 35.6 Å². The Labute approximate surface area is 160 Å². The average Bonchev–Trinajstić information content (AvgIpc) is 2.67. The summed E-state index contributed by atoms with van der Waals surface area (Å²) in [4.78, 5) is 33.9. The Bertz CT molecular complexity index is 938. The van der Waals surface area contributed by atoms with Crippen LogP contribution in [0.4, 0.5) is 11.4 Å². The van der Waals surface area contributed by atoms with Crippen molar-refractivity contribution in [2.45, 2.75) is 6.92 Å². The van der Waals surface area contributed by atoms with E-state index in [-0.39, 0.29) is 22.9 Å². The Morgan fingerprint density at radius 3 is 2.68 bits per heavy atom. The largest absolute Gasteiger partial charge is 0.504 e. The summed E-state index contributed by atoms with van der Waals surface area (Å²) in [5, 5.41) is 22.9. The first-order valence-corrected chi connectivity index (χ1v) is 8.07. The predicted octanol–water partition coefficient (Wildman–Crippen LogP) is 2.81.